The number of aromatic carboxylic acids is 1. The zero-order chi connectivity index (χ0) is 31.6. The lowest BCUT2D eigenvalue weighted by atomic mass is 9.91. The van der Waals surface area contributed by atoms with Crippen LogP contribution in [-0.4, -0.2) is 63.6 Å². The molecular formula is C31H33F4N5O3. The fraction of sp³-hybridized carbons (Fsp3) is 0.419. The van der Waals surface area contributed by atoms with E-state index in [1.165, 1.54) is 6.07 Å². The predicted octanol–water partition coefficient (Wildman–Crippen LogP) is 6.12. The Labute approximate surface area is 247 Å². The summed E-state index contributed by atoms with van der Waals surface area (Å²) in [5, 5.41) is 9.49. The first kappa shape index (κ1) is 30.2. The van der Waals surface area contributed by atoms with Crippen LogP contribution in [0.2, 0.25) is 0 Å². The van der Waals surface area contributed by atoms with Gasteiger partial charge in [-0.1, -0.05) is 13.8 Å². The number of pyridine rings is 2. The number of anilines is 3. The van der Waals surface area contributed by atoms with Gasteiger partial charge in [0, 0.05) is 37.3 Å². The van der Waals surface area contributed by atoms with Crippen LogP contribution in [0, 0.1) is 19.7 Å². The minimum Gasteiger partial charge on any atom is -0.478 e. The van der Waals surface area contributed by atoms with E-state index in [0.717, 1.165) is 12.1 Å². The van der Waals surface area contributed by atoms with Crippen molar-refractivity contribution < 1.29 is 32.3 Å². The highest BCUT2D eigenvalue weighted by atomic mass is 19.4. The van der Waals surface area contributed by atoms with Gasteiger partial charge >= 0.3 is 12.1 Å². The second-order valence-corrected chi connectivity index (χ2v) is 12.4. The van der Waals surface area contributed by atoms with Crippen LogP contribution in [-0.2, 0) is 11.6 Å². The largest absolute Gasteiger partial charge is 0.478 e. The molecule has 2 aliphatic heterocycles. The van der Waals surface area contributed by atoms with Gasteiger partial charge in [0.05, 0.1) is 33.7 Å². The average Bonchev–Trinajstić information content (AvgIpc) is 3.16. The van der Waals surface area contributed by atoms with E-state index >= 15 is 0 Å². The van der Waals surface area contributed by atoms with Crippen LogP contribution in [0.5, 0.6) is 0 Å². The normalized spacial score (nSPS) is 17.7. The first-order chi connectivity index (χ1) is 19.9. The first-order valence-electron chi connectivity index (χ1n) is 13.8. The molecule has 12 heteroatoms. The summed E-state index contributed by atoms with van der Waals surface area (Å²) in [5.74, 6) is -1.98. The van der Waals surface area contributed by atoms with Crippen LogP contribution in [0.25, 0.3) is 0 Å². The molecule has 0 atom stereocenters. The van der Waals surface area contributed by atoms with E-state index in [1.54, 1.807) is 41.8 Å². The van der Waals surface area contributed by atoms with Gasteiger partial charge in [-0.15, -0.1) is 0 Å². The van der Waals surface area contributed by atoms with Gasteiger partial charge in [-0.2, -0.15) is 13.2 Å². The van der Waals surface area contributed by atoms with Crippen LogP contribution in [0.15, 0.2) is 36.4 Å². The minimum absolute atomic E-state index is 0.185. The summed E-state index contributed by atoms with van der Waals surface area (Å²) in [5.41, 5.74) is 0.429. The molecule has 2 aliphatic rings. The standard InChI is InChI=1S/C31H33F4N5O3/c1-17-13-24(36-18(2)25(17)28(42)43)38-11-12-40(30(5,6)16-38)27(41)22-9-10-23-26(37-22)29(3,4)15-39(23)19-7-8-20(21(32)14-19)31(33,34)35/h7-10,13-14H,11-12,15-16H2,1-6H3,(H,42,43). The first-order valence-corrected chi connectivity index (χ1v) is 13.8. The highest BCUT2D eigenvalue weighted by Crippen LogP contribution is 2.44. The molecule has 4 heterocycles. The van der Waals surface area contributed by atoms with Crippen LogP contribution >= 0.6 is 0 Å². The van der Waals surface area contributed by atoms with Crippen molar-refractivity contribution in [1.29, 1.82) is 0 Å². The molecule has 1 aromatic carbocycles. The maximum Gasteiger partial charge on any atom is 0.419 e. The molecule has 8 nitrogen and oxygen atoms in total. The second kappa shape index (κ2) is 10.2. The number of benzene rings is 1. The van der Waals surface area contributed by atoms with Gasteiger partial charge in [-0.3, -0.25) is 4.79 Å². The van der Waals surface area contributed by atoms with Crippen LogP contribution in [0.3, 0.4) is 0 Å². The Bertz CT molecular complexity index is 1610. The SMILES string of the molecule is Cc1cc(N2CCN(C(=O)c3ccc4c(n3)C(C)(C)CN4c3ccc(C(F)(F)F)c(F)c3)C(C)(C)C2)nc(C)c1C(=O)O. The van der Waals surface area contributed by atoms with Crippen molar-refractivity contribution in [3.63, 3.8) is 0 Å². The smallest absolute Gasteiger partial charge is 0.419 e. The number of carbonyl (C=O) groups excluding carboxylic acids is 1. The second-order valence-electron chi connectivity index (χ2n) is 12.4. The molecule has 1 fully saturated rings. The maximum absolute atomic E-state index is 14.4. The van der Waals surface area contributed by atoms with E-state index in [9.17, 15) is 32.3 Å². The Morgan fingerprint density at radius 3 is 2.23 bits per heavy atom. The molecule has 0 spiro atoms. The average molecular weight is 600 g/mol. The lowest BCUT2D eigenvalue weighted by Gasteiger charge is -2.47. The van der Waals surface area contributed by atoms with Gasteiger partial charge in [0.1, 0.15) is 17.3 Å². The van der Waals surface area contributed by atoms with Crippen molar-refractivity contribution in [2.24, 2.45) is 0 Å². The van der Waals surface area contributed by atoms with Crippen molar-refractivity contribution >= 4 is 29.1 Å². The maximum atomic E-state index is 14.4. The number of rotatable bonds is 4. The molecule has 0 bridgehead atoms. The van der Waals surface area contributed by atoms with Gasteiger partial charge in [-0.25, -0.2) is 19.2 Å². The Morgan fingerprint density at radius 1 is 0.953 bits per heavy atom. The van der Waals surface area contributed by atoms with Crippen LogP contribution in [0.4, 0.5) is 34.8 Å². The number of aryl methyl sites for hydroxylation is 2. The molecule has 0 aliphatic carbocycles. The number of amides is 1. The molecule has 43 heavy (non-hydrogen) atoms. The molecule has 1 N–H and O–H groups in total. The number of carboxylic acids is 1. The van der Waals surface area contributed by atoms with Gasteiger partial charge in [0.25, 0.3) is 5.91 Å². The molecule has 1 saturated heterocycles. The Kier molecular flexibility index (Phi) is 7.18. The molecule has 228 valence electrons. The van der Waals surface area contributed by atoms with E-state index < -0.39 is 34.5 Å². The number of aromatic nitrogens is 2. The molecule has 0 radical (unpaired) electrons. The lowest BCUT2D eigenvalue weighted by molar-refractivity contribution is -0.140. The molecule has 1 amide bonds. The number of fused-ring (bicyclic) bond motifs is 1. The number of hydrogen-bond acceptors (Lipinski definition) is 6. The van der Waals surface area contributed by atoms with Gasteiger partial charge in [0.2, 0.25) is 0 Å². The molecule has 2 aromatic heterocycles. The summed E-state index contributed by atoms with van der Waals surface area (Å²) >= 11 is 0. The Balaban J connectivity index is 1.39. The van der Waals surface area contributed by atoms with Crippen molar-refractivity contribution in [2.45, 2.75) is 58.7 Å². The summed E-state index contributed by atoms with van der Waals surface area (Å²) in [7, 11) is 0. The van der Waals surface area contributed by atoms with E-state index in [4.69, 9.17) is 4.98 Å². The summed E-state index contributed by atoms with van der Waals surface area (Å²) in [4.78, 5) is 40.2. The molecule has 0 unspecified atom stereocenters. The van der Waals surface area contributed by atoms with E-state index in [0.29, 0.717) is 54.6 Å². The fourth-order valence-corrected chi connectivity index (χ4v) is 6.14. The van der Waals surface area contributed by atoms with E-state index in [1.807, 2.05) is 32.6 Å². The number of alkyl halides is 3. The summed E-state index contributed by atoms with van der Waals surface area (Å²) in [6, 6.07) is 7.91. The molecule has 5 rings (SSSR count). The van der Waals surface area contributed by atoms with Crippen LogP contribution < -0.4 is 9.80 Å². The van der Waals surface area contributed by atoms with Crippen molar-refractivity contribution in [2.75, 3.05) is 36.0 Å². The number of piperazine rings is 1. The molecular weight excluding hydrogens is 566 g/mol. The molecule has 0 saturated carbocycles. The van der Waals surface area contributed by atoms with Gasteiger partial charge in [0.15, 0.2) is 0 Å². The summed E-state index contributed by atoms with van der Waals surface area (Å²) in [6.07, 6.45) is -4.79. The van der Waals surface area contributed by atoms with Crippen LogP contribution in [0.1, 0.15) is 71.1 Å². The van der Waals surface area contributed by atoms with Gasteiger partial charge in [-0.05, 0) is 69.7 Å². The predicted molar refractivity (Wildman–Crippen MR) is 154 cm³/mol. The monoisotopic (exact) mass is 599 g/mol. The fourth-order valence-electron chi connectivity index (χ4n) is 6.14. The third kappa shape index (κ3) is 5.38. The zero-order valence-corrected chi connectivity index (χ0v) is 24.8. The quantitative estimate of drug-likeness (QED) is 0.362. The van der Waals surface area contributed by atoms with Crippen molar-refractivity contribution in [3.8, 4) is 0 Å². The Morgan fingerprint density at radius 2 is 1.65 bits per heavy atom. The van der Waals surface area contributed by atoms with Crippen molar-refractivity contribution in [3.05, 3.63) is 76.0 Å². The number of nitrogens with zero attached hydrogens (tertiary/aromatic N) is 5. The highest BCUT2D eigenvalue weighted by molar-refractivity contribution is 5.94. The van der Waals surface area contributed by atoms with Gasteiger partial charge < -0.3 is 19.8 Å². The third-order valence-corrected chi connectivity index (χ3v) is 8.22. The number of halogens is 4. The third-order valence-electron chi connectivity index (χ3n) is 8.22. The number of hydrogen-bond donors (Lipinski definition) is 1. The lowest BCUT2D eigenvalue weighted by Crippen LogP contribution is -2.61. The number of carboxylic acid groups (broad SMARTS) is 1. The highest BCUT2D eigenvalue weighted by Gasteiger charge is 2.42. The van der Waals surface area contributed by atoms with E-state index in [2.05, 4.69) is 4.98 Å². The number of carbonyl (C=O) groups is 2. The zero-order valence-electron chi connectivity index (χ0n) is 24.8. The Hall–Kier alpha value is -4.22. The summed E-state index contributed by atoms with van der Waals surface area (Å²) in [6.45, 7) is 12.8. The summed E-state index contributed by atoms with van der Waals surface area (Å²) < 4.78 is 53.7. The van der Waals surface area contributed by atoms with E-state index in [-0.39, 0.29) is 22.9 Å². The molecule has 3 aromatic rings. The minimum atomic E-state index is -4.79. The topological polar surface area (TPSA) is 89.9 Å². The van der Waals surface area contributed by atoms with Crippen molar-refractivity contribution in [1.82, 2.24) is 14.9 Å².